The lowest BCUT2D eigenvalue weighted by Crippen LogP contribution is -2.42. The summed E-state index contributed by atoms with van der Waals surface area (Å²) in [5.74, 6) is 1.08. The number of carbonyl (C=O) groups excluding carboxylic acids is 1. The quantitative estimate of drug-likeness (QED) is 0.824. The highest BCUT2D eigenvalue weighted by Crippen LogP contribution is 2.24. The first-order valence-electron chi connectivity index (χ1n) is 9.26. The van der Waals surface area contributed by atoms with E-state index in [0.717, 1.165) is 38.2 Å². The molecular weight excluding hydrogens is 316 g/mol. The second-order valence-corrected chi connectivity index (χ2v) is 6.79. The average Bonchev–Trinajstić information content (AvgIpc) is 3.01. The number of likely N-dealkylation sites (tertiary alicyclic amines) is 1. The molecule has 1 amide bonds. The fraction of sp³-hybridized carbons (Fsp3) is 0.550. The van der Waals surface area contributed by atoms with Crippen molar-refractivity contribution in [2.45, 2.75) is 32.3 Å². The third-order valence-corrected chi connectivity index (χ3v) is 4.90. The van der Waals surface area contributed by atoms with Crippen LogP contribution >= 0.6 is 0 Å². The molecule has 2 heterocycles. The molecule has 1 unspecified atom stereocenters. The second kappa shape index (κ2) is 8.50. The van der Waals surface area contributed by atoms with E-state index < -0.39 is 6.10 Å². The molecule has 1 atom stereocenters. The van der Waals surface area contributed by atoms with Crippen molar-refractivity contribution in [1.82, 2.24) is 9.80 Å². The van der Waals surface area contributed by atoms with Crippen molar-refractivity contribution < 1.29 is 14.6 Å². The van der Waals surface area contributed by atoms with E-state index in [4.69, 9.17) is 4.74 Å². The Bertz CT molecular complexity index is 612. The third kappa shape index (κ3) is 4.83. The van der Waals surface area contributed by atoms with Crippen molar-refractivity contribution in [2.75, 3.05) is 39.3 Å². The van der Waals surface area contributed by atoms with Crippen LogP contribution in [0.15, 0.2) is 30.3 Å². The Labute approximate surface area is 149 Å². The number of β-amino-alcohol motifs (C(OH)–C–C–N with tert-alkyl or cyclic N) is 1. The molecule has 0 aromatic heterocycles. The lowest BCUT2D eigenvalue weighted by atomic mass is 9.99. The monoisotopic (exact) mass is 344 g/mol. The smallest absolute Gasteiger partial charge is 0.222 e. The fourth-order valence-electron chi connectivity index (χ4n) is 3.58. The number of nitrogens with zero attached hydrogens (tertiary/aromatic N) is 2. The molecule has 0 radical (unpaired) electrons. The van der Waals surface area contributed by atoms with Gasteiger partial charge in [0.05, 0.1) is 12.7 Å². The molecule has 0 bridgehead atoms. The fourth-order valence-corrected chi connectivity index (χ4v) is 3.58. The van der Waals surface area contributed by atoms with E-state index in [-0.39, 0.29) is 5.91 Å². The standard InChI is InChI=1S/C20H28N2O3/c1-2-25-19-7-5-16(6-8-19)17-9-12-21(13-10-17)14-18(23)15-22-11-3-4-20(22)24/h5-9,18,23H,2-4,10-15H2,1H3. The number of aliphatic hydroxyl groups excluding tert-OH is 1. The molecule has 0 spiro atoms. The molecule has 1 fully saturated rings. The minimum Gasteiger partial charge on any atom is -0.494 e. The van der Waals surface area contributed by atoms with Gasteiger partial charge in [0.25, 0.3) is 0 Å². The van der Waals surface area contributed by atoms with E-state index >= 15 is 0 Å². The summed E-state index contributed by atoms with van der Waals surface area (Å²) in [6.45, 7) is 6.32. The first-order chi connectivity index (χ1) is 12.2. The van der Waals surface area contributed by atoms with E-state index in [1.807, 2.05) is 19.1 Å². The number of carbonyl (C=O) groups is 1. The second-order valence-electron chi connectivity index (χ2n) is 6.79. The van der Waals surface area contributed by atoms with Crippen LogP contribution in [0.4, 0.5) is 0 Å². The van der Waals surface area contributed by atoms with E-state index in [1.165, 1.54) is 11.1 Å². The van der Waals surface area contributed by atoms with Crippen molar-refractivity contribution >= 4 is 11.5 Å². The van der Waals surface area contributed by atoms with E-state index in [0.29, 0.717) is 26.1 Å². The maximum Gasteiger partial charge on any atom is 0.222 e. The molecule has 1 aromatic rings. The number of aliphatic hydroxyl groups is 1. The Hall–Kier alpha value is -1.85. The van der Waals surface area contributed by atoms with Crippen LogP contribution in [0, 0.1) is 0 Å². The number of amides is 1. The zero-order chi connectivity index (χ0) is 17.6. The summed E-state index contributed by atoms with van der Waals surface area (Å²) >= 11 is 0. The Morgan fingerprint density at radius 3 is 2.56 bits per heavy atom. The highest BCUT2D eigenvalue weighted by Gasteiger charge is 2.24. The Balaban J connectivity index is 1.49. The number of hydrogen-bond acceptors (Lipinski definition) is 4. The lowest BCUT2D eigenvalue weighted by Gasteiger charge is -2.29. The molecule has 3 rings (SSSR count). The largest absolute Gasteiger partial charge is 0.494 e. The Morgan fingerprint density at radius 1 is 1.16 bits per heavy atom. The van der Waals surface area contributed by atoms with Gasteiger partial charge < -0.3 is 14.7 Å². The SMILES string of the molecule is CCOc1ccc(C2=CCN(CC(O)CN3CCCC3=O)CC2)cc1. The summed E-state index contributed by atoms with van der Waals surface area (Å²) in [4.78, 5) is 15.7. The molecule has 136 valence electrons. The predicted octanol–water partition coefficient (Wildman–Crippen LogP) is 2.16. The third-order valence-electron chi connectivity index (χ3n) is 4.90. The molecule has 2 aliphatic rings. The van der Waals surface area contributed by atoms with Crippen molar-refractivity contribution in [2.24, 2.45) is 0 Å². The van der Waals surface area contributed by atoms with Gasteiger partial charge in [-0.15, -0.1) is 0 Å². The number of hydrogen-bond donors (Lipinski definition) is 1. The van der Waals surface area contributed by atoms with Gasteiger partial charge in [-0.3, -0.25) is 9.69 Å². The summed E-state index contributed by atoms with van der Waals surface area (Å²) in [6.07, 6.45) is 4.30. The summed E-state index contributed by atoms with van der Waals surface area (Å²) in [6, 6.07) is 8.26. The van der Waals surface area contributed by atoms with Gasteiger partial charge in [0, 0.05) is 39.1 Å². The van der Waals surface area contributed by atoms with Crippen LogP contribution in [-0.2, 0) is 4.79 Å². The molecule has 5 heteroatoms. The maximum atomic E-state index is 11.6. The van der Waals surface area contributed by atoms with E-state index in [9.17, 15) is 9.90 Å². The summed E-state index contributed by atoms with van der Waals surface area (Å²) in [5.41, 5.74) is 2.59. The van der Waals surface area contributed by atoms with Crippen LogP contribution < -0.4 is 4.74 Å². The van der Waals surface area contributed by atoms with Crippen molar-refractivity contribution in [3.63, 3.8) is 0 Å². The van der Waals surface area contributed by atoms with Crippen LogP contribution in [0.2, 0.25) is 0 Å². The molecule has 5 nitrogen and oxygen atoms in total. The summed E-state index contributed by atoms with van der Waals surface area (Å²) < 4.78 is 5.49. The van der Waals surface area contributed by atoms with Gasteiger partial charge in [-0.25, -0.2) is 0 Å². The van der Waals surface area contributed by atoms with Crippen LogP contribution in [0.5, 0.6) is 5.75 Å². The zero-order valence-electron chi connectivity index (χ0n) is 15.0. The van der Waals surface area contributed by atoms with Crippen LogP contribution in [0.25, 0.3) is 5.57 Å². The average molecular weight is 344 g/mol. The highest BCUT2D eigenvalue weighted by atomic mass is 16.5. The molecule has 1 aromatic carbocycles. The minimum atomic E-state index is -0.470. The Kier molecular flexibility index (Phi) is 6.10. The van der Waals surface area contributed by atoms with Gasteiger partial charge in [-0.2, -0.15) is 0 Å². The zero-order valence-corrected chi connectivity index (χ0v) is 15.0. The lowest BCUT2D eigenvalue weighted by molar-refractivity contribution is -0.129. The molecule has 2 aliphatic heterocycles. The van der Waals surface area contributed by atoms with Gasteiger partial charge in [0.15, 0.2) is 0 Å². The highest BCUT2D eigenvalue weighted by molar-refractivity contribution is 5.78. The van der Waals surface area contributed by atoms with Crippen LogP contribution in [0.3, 0.4) is 0 Å². The van der Waals surface area contributed by atoms with E-state index in [1.54, 1.807) is 4.90 Å². The molecule has 25 heavy (non-hydrogen) atoms. The van der Waals surface area contributed by atoms with Crippen molar-refractivity contribution in [1.29, 1.82) is 0 Å². The van der Waals surface area contributed by atoms with Gasteiger partial charge in [-0.05, 0) is 43.0 Å². The van der Waals surface area contributed by atoms with Gasteiger partial charge in [0.2, 0.25) is 5.91 Å². The number of benzene rings is 1. The van der Waals surface area contributed by atoms with E-state index in [2.05, 4.69) is 23.1 Å². The number of ether oxygens (including phenoxy) is 1. The van der Waals surface area contributed by atoms with Crippen LogP contribution in [-0.4, -0.2) is 66.2 Å². The van der Waals surface area contributed by atoms with Crippen molar-refractivity contribution in [3.8, 4) is 5.75 Å². The normalized spacial score (nSPS) is 19.8. The van der Waals surface area contributed by atoms with Crippen molar-refractivity contribution in [3.05, 3.63) is 35.9 Å². The minimum absolute atomic E-state index is 0.176. The first kappa shape index (κ1) is 18.0. The maximum absolute atomic E-state index is 11.6. The molecule has 1 saturated heterocycles. The topological polar surface area (TPSA) is 53.0 Å². The first-order valence-corrected chi connectivity index (χ1v) is 9.26. The summed E-state index contributed by atoms with van der Waals surface area (Å²) in [7, 11) is 0. The van der Waals surface area contributed by atoms with Crippen LogP contribution in [0.1, 0.15) is 31.7 Å². The molecule has 0 aliphatic carbocycles. The van der Waals surface area contributed by atoms with Gasteiger partial charge >= 0.3 is 0 Å². The molecule has 0 saturated carbocycles. The summed E-state index contributed by atoms with van der Waals surface area (Å²) in [5, 5.41) is 10.3. The Morgan fingerprint density at radius 2 is 1.96 bits per heavy atom. The van der Waals surface area contributed by atoms with Gasteiger partial charge in [-0.1, -0.05) is 18.2 Å². The predicted molar refractivity (Wildman–Crippen MR) is 98.5 cm³/mol. The molecule has 1 N–H and O–H groups in total. The molecular formula is C20H28N2O3. The number of rotatable bonds is 7. The van der Waals surface area contributed by atoms with Gasteiger partial charge in [0.1, 0.15) is 5.75 Å².